The average molecular weight is 612 g/mol. The maximum Gasteiger partial charge on any atom is 0.407 e. The molecule has 1 fully saturated rings. The SMILES string of the molecule is CCCCCC=CCC=CCCCCCCCCC1(CCCCCCCCC=CCC=CCCCCC)CN(C(=O)O)C1C. The van der Waals surface area contributed by atoms with Gasteiger partial charge in [-0.15, -0.1) is 0 Å². The quantitative estimate of drug-likeness (QED) is 0.0648. The van der Waals surface area contributed by atoms with E-state index in [1.54, 1.807) is 4.90 Å². The number of hydrogen-bond donors (Lipinski definition) is 1. The van der Waals surface area contributed by atoms with Crippen molar-refractivity contribution in [1.29, 1.82) is 0 Å². The van der Waals surface area contributed by atoms with Crippen molar-refractivity contribution in [3.05, 3.63) is 48.6 Å². The van der Waals surface area contributed by atoms with Gasteiger partial charge < -0.3 is 10.0 Å². The molecule has 254 valence electrons. The van der Waals surface area contributed by atoms with Crippen LogP contribution in [0.5, 0.6) is 0 Å². The minimum absolute atomic E-state index is 0.177. The number of hydrogen-bond acceptors (Lipinski definition) is 1. The van der Waals surface area contributed by atoms with Crippen LogP contribution in [0.15, 0.2) is 48.6 Å². The van der Waals surface area contributed by atoms with Gasteiger partial charge in [0.05, 0.1) is 0 Å². The Bertz CT molecular complexity index is 731. The van der Waals surface area contributed by atoms with E-state index in [4.69, 9.17) is 0 Å². The zero-order valence-corrected chi connectivity index (χ0v) is 29.6. The van der Waals surface area contributed by atoms with Crippen LogP contribution in [0.4, 0.5) is 4.79 Å². The van der Waals surface area contributed by atoms with E-state index in [1.807, 2.05) is 0 Å². The molecule has 0 bridgehead atoms. The fourth-order valence-electron chi connectivity index (χ4n) is 6.69. The largest absolute Gasteiger partial charge is 0.465 e. The minimum Gasteiger partial charge on any atom is -0.465 e. The lowest BCUT2D eigenvalue weighted by Gasteiger charge is -2.55. The summed E-state index contributed by atoms with van der Waals surface area (Å²) in [5.74, 6) is 0. The van der Waals surface area contributed by atoms with Gasteiger partial charge >= 0.3 is 6.09 Å². The molecule has 0 aliphatic carbocycles. The average Bonchev–Trinajstić information content (AvgIpc) is 3.02. The molecule has 1 unspecified atom stereocenters. The van der Waals surface area contributed by atoms with E-state index in [0.717, 1.165) is 19.4 Å². The third-order valence-corrected chi connectivity index (χ3v) is 9.84. The monoisotopic (exact) mass is 612 g/mol. The van der Waals surface area contributed by atoms with E-state index in [1.165, 1.54) is 154 Å². The molecule has 1 N–H and O–H groups in total. The smallest absolute Gasteiger partial charge is 0.407 e. The molecule has 0 saturated carbocycles. The van der Waals surface area contributed by atoms with Crippen LogP contribution in [-0.4, -0.2) is 28.7 Å². The van der Waals surface area contributed by atoms with E-state index in [2.05, 4.69) is 69.4 Å². The van der Waals surface area contributed by atoms with Crippen molar-refractivity contribution < 1.29 is 9.90 Å². The first-order chi connectivity index (χ1) is 21.6. The third-order valence-electron chi connectivity index (χ3n) is 9.84. The van der Waals surface area contributed by atoms with Crippen molar-refractivity contribution in [3.63, 3.8) is 0 Å². The second-order valence-corrected chi connectivity index (χ2v) is 13.6. The van der Waals surface area contributed by atoms with Gasteiger partial charge in [-0.1, -0.05) is 152 Å². The van der Waals surface area contributed by atoms with E-state index in [9.17, 15) is 9.90 Å². The first-order valence-electron chi connectivity index (χ1n) is 19.2. The number of likely N-dealkylation sites (tertiary alicyclic amines) is 1. The summed E-state index contributed by atoms with van der Waals surface area (Å²) in [7, 11) is 0. The van der Waals surface area contributed by atoms with Gasteiger partial charge in [-0.3, -0.25) is 0 Å². The van der Waals surface area contributed by atoms with Crippen LogP contribution in [0.3, 0.4) is 0 Å². The number of nitrogens with zero attached hydrogens (tertiary/aromatic N) is 1. The zero-order valence-electron chi connectivity index (χ0n) is 29.6. The maximum absolute atomic E-state index is 11.6. The van der Waals surface area contributed by atoms with Crippen LogP contribution in [0.1, 0.15) is 188 Å². The summed E-state index contributed by atoms with van der Waals surface area (Å²) in [6, 6.07) is 0.177. The van der Waals surface area contributed by atoms with E-state index in [-0.39, 0.29) is 11.5 Å². The first-order valence-corrected chi connectivity index (χ1v) is 19.2. The minimum atomic E-state index is -0.734. The predicted molar refractivity (Wildman–Crippen MR) is 195 cm³/mol. The summed E-state index contributed by atoms with van der Waals surface area (Å²) < 4.78 is 0. The first kappa shape index (κ1) is 40.3. The van der Waals surface area contributed by atoms with Gasteiger partial charge in [0, 0.05) is 18.0 Å². The van der Waals surface area contributed by atoms with E-state index >= 15 is 0 Å². The second kappa shape index (κ2) is 28.7. The molecule has 0 aromatic carbocycles. The molecule has 3 heteroatoms. The molecule has 1 atom stereocenters. The summed E-state index contributed by atoms with van der Waals surface area (Å²) >= 11 is 0. The molecule has 3 nitrogen and oxygen atoms in total. The zero-order chi connectivity index (χ0) is 32.0. The standard InChI is InChI=1S/C41H73NO2/c1-4-6-8-10-12-14-16-18-20-22-24-26-28-30-32-34-36-41(38-42(39(41)3)40(43)44)37-35-33-31-29-27-25-23-21-19-17-15-13-11-9-7-5-2/h12-15,18-21,39H,4-11,16-17,22-38H2,1-3H3,(H,43,44). The van der Waals surface area contributed by atoms with Crippen molar-refractivity contribution in [3.8, 4) is 0 Å². The van der Waals surface area contributed by atoms with E-state index in [0.29, 0.717) is 0 Å². The van der Waals surface area contributed by atoms with Crippen molar-refractivity contribution in [2.45, 2.75) is 194 Å². The van der Waals surface area contributed by atoms with Crippen molar-refractivity contribution in [2.24, 2.45) is 5.41 Å². The lowest BCUT2D eigenvalue weighted by Crippen LogP contribution is -2.64. The molecule has 0 aromatic heterocycles. The Morgan fingerprint density at radius 1 is 0.568 bits per heavy atom. The number of allylic oxidation sites excluding steroid dienone is 8. The highest BCUT2D eigenvalue weighted by atomic mass is 16.4. The van der Waals surface area contributed by atoms with Crippen molar-refractivity contribution in [1.82, 2.24) is 4.90 Å². The molecule has 1 aliphatic heterocycles. The summed E-state index contributed by atoms with van der Waals surface area (Å²) in [6.07, 6.45) is 51.0. The normalized spacial score (nSPS) is 18.9. The number of carboxylic acid groups (broad SMARTS) is 1. The number of carbonyl (C=O) groups is 1. The van der Waals surface area contributed by atoms with Gasteiger partial charge in [0.15, 0.2) is 0 Å². The lowest BCUT2D eigenvalue weighted by atomic mass is 9.66. The topological polar surface area (TPSA) is 40.5 Å². The number of unbranched alkanes of at least 4 members (excludes halogenated alkanes) is 18. The Kier molecular flexibility index (Phi) is 26.2. The summed E-state index contributed by atoms with van der Waals surface area (Å²) in [5, 5.41) is 9.57. The number of amides is 1. The van der Waals surface area contributed by atoms with Crippen LogP contribution in [0.2, 0.25) is 0 Å². The van der Waals surface area contributed by atoms with Gasteiger partial charge in [0.1, 0.15) is 0 Å². The maximum atomic E-state index is 11.6. The fraction of sp³-hybridized carbons (Fsp3) is 0.780. The Balaban J connectivity index is 2.10. The lowest BCUT2D eigenvalue weighted by molar-refractivity contribution is -0.0609. The fourth-order valence-corrected chi connectivity index (χ4v) is 6.69. The predicted octanol–water partition coefficient (Wildman–Crippen LogP) is 13.8. The van der Waals surface area contributed by atoms with Crippen molar-refractivity contribution >= 4 is 6.09 Å². The third kappa shape index (κ3) is 20.3. The Labute approximate surface area is 274 Å². The van der Waals surface area contributed by atoms with Gasteiger partial charge in [-0.2, -0.15) is 0 Å². The highest BCUT2D eigenvalue weighted by Crippen LogP contribution is 2.46. The molecule has 1 amide bonds. The molecule has 0 spiro atoms. The number of rotatable bonds is 30. The van der Waals surface area contributed by atoms with Crippen LogP contribution in [-0.2, 0) is 0 Å². The second-order valence-electron chi connectivity index (χ2n) is 13.6. The van der Waals surface area contributed by atoms with Crippen LogP contribution in [0.25, 0.3) is 0 Å². The van der Waals surface area contributed by atoms with Crippen LogP contribution in [0, 0.1) is 5.41 Å². The Morgan fingerprint density at radius 2 is 0.909 bits per heavy atom. The highest BCUT2D eigenvalue weighted by Gasteiger charge is 2.50. The summed E-state index contributed by atoms with van der Waals surface area (Å²) in [6.45, 7) is 7.43. The van der Waals surface area contributed by atoms with E-state index < -0.39 is 6.09 Å². The molecule has 44 heavy (non-hydrogen) atoms. The van der Waals surface area contributed by atoms with Gasteiger partial charge in [0.25, 0.3) is 0 Å². The summed E-state index contributed by atoms with van der Waals surface area (Å²) in [5.41, 5.74) is 0.225. The highest BCUT2D eigenvalue weighted by molar-refractivity contribution is 5.67. The Hall–Kier alpha value is -1.77. The Morgan fingerprint density at radius 3 is 1.25 bits per heavy atom. The van der Waals surface area contributed by atoms with Crippen molar-refractivity contribution in [2.75, 3.05) is 6.54 Å². The van der Waals surface area contributed by atoms with Gasteiger partial charge in [-0.25, -0.2) is 4.79 Å². The van der Waals surface area contributed by atoms with Gasteiger partial charge in [0.2, 0.25) is 0 Å². The van der Waals surface area contributed by atoms with Crippen LogP contribution >= 0.6 is 0 Å². The molecule has 1 aliphatic rings. The molecular formula is C41H73NO2. The summed E-state index contributed by atoms with van der Waals surface area (Å²) in [4.78, 5) is 13.3. The molecule has 1 heterocycles. The molecule has 1 rings (SSSR count). The molecular weight excluding hydrogens is 538 g/mol. The molecule has 0 aromatic rings. The van der Waals surface area contributed by atoms with Gasteiger partial charge in [-0.05, 0) is 84.0 Å². The molecule has 1 saturated heterocycles. The van der Waals surface area contributed by atoms with Crippen LogP contribution < -0.4 is 0 Å². The molecule has 0 radical (unpaired) electrons.